The topological polar surface area (TPSA) is 59.7 Å². The Morgan fingerprint density at radius 2 is 2.09 bits per heavy atom. The second-order valence-electron chi connectivity index (χ2n) is 6.80. The molecule has 0 N–H and O–H groups in total. The zero-order valence-corrected chi connectivity index (χ0v) is 14.7. The Hall–Kier alpha value is -1.34. The molecule has 1 fully saturated rings. The van der Waals surface area contributed by atoms with E-state index in [0.717, 1.165) is 18.9 Å². The molecule has 1 aliphatic heterocycles. The summed E-state index contributed by atoms with van der Waals surface area (Å²) in [4.78, 5) is 9.06. The lowest BCUT2D eigenvalue weighted by atomic mass is 9.97. The number of piperidine rings is 1. The van der Waals surface area contributed by atoms with Crippen LogP contribution in [0.15, 0.2) is 0 Å². The number of fused-ring (bicyclic) bond motifs is 1. The molecule has 1 aliphatic carbocycles. The summed E-state index contributed by atoms with van der Waals surface area (Å²) in [5, 5.41) is 13.3. The van der Waals surface area contributed by atoms with Crippen molar-refractivity contribution < 1.29 is 0 Å². The normalized spacial score (nSPS) is 23.7. The van der Waals surface area contributed by atoms with Gasteiger partial charge >= 0.3 is 0 Å². The molecule has 6 nitrogen and oxygen atoms in total. The minimum Gasteiger partial charge on any atom is -0.293 e. The van der Waals surface area contributed by atoms with E-state index in [1.54, 1.807) is 9.56 Å². The Balaban J connectivity index is 1.50. The molecule has 0 radical (unpaired) electrons. The van der Waals surface area contributed by atoms with Gasteiger partial charge in [0.1, 0.15) is 0 Å². The van der Waals surface area contributed by atoms with Gasteiger partial charge in [-0.3, -0.25) is 4.90 Å². The lowest BCUT2D eigenvalue weighted by Crippen LogP contribution is -2.37. The van der Waals surface area contributed by atoms with Crippen molar-refractivity contribution >= 4 is 11.3 Å². The Bertz CT molecular complexity index is 654. The van der Waals surface area contributed by atoms with Crippen LogP contribution in [0.4, 0.5) is 0 Å². The highest BCUT2D eigenvalue weighted by atomic mass is 32.1. The Morgan fingerprint density at radius 1 is 1.22 bits per heavy atom. The molecule has 23 heavy (non-hydrogen) atoms. The zero-order chi connectivity index (χ0) is 15.8. The van der Waals surface area contributed by atoms with Crippen molar-refractivity contribution in [3.8, 4) is 0 Å². The molecule has 0 amide bonds. The monoisotopic (exact) mass is 332 g/mol. The van der Waals surface area contributed by atoms with Crippen molar-refractivity contribution in [3.63, 3.8) is 0 Å². The van der Waals surface area contributed by atoms with Gasteiger partial charge in [-0.05, 0) is 62.4 Å². The number of nitrogens with zero attached hydrogens (tertiary/aromatic N) is 6. The van der Waals surface area contributed by atoms with E-state index in [9.17, 15) is 0 Å². The minimum atomic E-state index is 0.257. The lowest BCUT2D eigenvalue weighted by Gasteiger charge is -2.35. The van der Waals surface area contributed by atoms with Crippen LogP contribution in [-0.2, 0) is 19.9 Å². The second-order valence-corrected chi connectivity index (χ2v) is 7.92. The first-order valence-corrected chi connectivity index (χ1v) is 9.49. The van der Waals surface area contributed by atoms with Crippen LogP contribution in [0.2, 0.25) is 0 Å². The molecule has 2 aromatic heterocycles. The van der Waals surface area contributed by atoms with Gasteiger partial charge in [0.15, 0.2) is 5.82 Å². The van der Waals surface area contributed by atoms with Gasteiger partial charge in [0.25, 0.3) is 0 Å². The molecule has 124 valence electrons. The van der Waals surface area contributed by atoms with Crippen molar-refractivity contribution in [3.05, 3.63) is 21.4 Å². The Kier molecular flexibility index (Phi) is 4.15. The molecule has 2 aromatic rings. The van der Waals surface area contributed by atoms with Crippen LogP contribution in [0, 0.1) is 0 Å². The molecule has 0 spiro atoms. The second kappa shape index (κ2) is 6.28. The van der Waals surface area contributed by atoms with Gasteiger partial charge in [-0.2, -0.15) is 0 Å². The third-order valence-electron chi connectivity index (χ3n) is 5.24. The molecule has 3 heterocycles. The van der Waals surface area contributed by atoms with Crippen molar-refractivity contribution in [2.75, 3.05) is 13.1 Å². The number of hydrogen-bond donors (Lipinski definition) is 0. The largest absolute Gasteiger partial charge is 0.293 e. The SMILES string of the molecule is C[C@@H](c1nnnn1C)N1CCC[C@H](c2nc3c(s2)CCCC3)C1. The van der Waals surface area contributed by atoms with Crippen LogP contribution in [0.25, 0.3) is 0 Å². The van der Waals surface area contributed by atoms with Crippen molar-refractivity contribution in [1.29, 1.82) is 0 Å². The fourth-order valence-corrected chi connectivity index (χ4v) is 5.14. The highest BCUT2D eigenvalue weighted by Gasteiger charge is 2.30. The van der Waals surface area contributed by atoms with Gasteiger partial charge < -0.3 is 0 Å². The molecule has 0 saturated carbocycles. The molecule has 0 aromatic carbocycles. The smallest absolute Gasteiger partial charge is 0.167 e. The molecule has 4 rings (SSSR count). The Morgan fingerprint density at radius 3 is 2.87 bits per heavy atom. The predicted octanol–water partition coefficient (Wildman–Crippen LogP) is 2.49. The van der Waals surface area contributed by atoms with Crippen LogP contribution in [0.5, 0.6) is 0 Å². The van der Waals surface area contributed by atoms with E-state index in [-0.39, 0.29) is 6.04 Å². The van der Waals surface area contributed by atoms with Gasteiger partial charge in [0, 0.05) is 24.4 Å². The summed E-state index contributed by atoms with van der Waals surface area (Å²) in [6.07, 6.45) is 7.55. The summed E-state index contributed by atoms with van der Waals surface area (Å²) < 4.78 is 1.79. The van der Waals surface area contributed by atoms with Crippen LogP contribution in [0.3, 0.4) is 0 Å². The van der Waals surface area contributed by atoms with E-state index in [4.69, 9.17) is 4.98 Å². The molecular weight excluding hydrogens is 308 g/mol. The van der Waals surface area contributed by atoms with Gasteiger partial charge in [0.2, 0.25) is 0 Å². The van der Waals surface area contributed by atoms with E-state index < -0.39 is 0 Å². The number of aryl methyl sites for hydroxylation is 3. The van der Waals surface area contributed by atoms with Crippen LogP contribution in [0.1, 0.15) is 66.0 Å². The van der Waals surface area contributed by atoms with Crippen LogP contribution in [-0.4, -0.2) is 43.2 Å². The fourth-order valence-electron chi connectivity index (χ4n) is 3.86. The van der Waals surface area contributed by atoms with E-state index >= 15 is 0 Å². The number of aromatic nitrogens is 5. The van der Waals surface area contributed by atoms with Gasteiger partial charge in [-0.1, -0.05) is 0 Å². The Labute approximate surface area is 140 Å². The van der Waals surface area contributed by atoms with E-state index in [0.29, 0.717) is 5.92 Å². The number of hydrogen-bond acceptors (Lipinski definition) is 6. The maximum Gasteiger partial charge on any atom is 0.167 e. The van der Waals surface area contributed by atoms with E-state index in [2.05, 4.69) is 27.3 Å². The summed E-state index contributed by atoms with van der Waals surface area (Å²) >= 11 is 1.97. The maximum absolute atomic E-state index is 4.99. The average Bonchev–Trinajstić information content (AvgIpc) is 3.20. The van der Waals surface area contributed by atoms with Crippen molar-refractivity contribution in [2.24, 2.45) is 7.05 Å². The number of rotatable bonds is 3. The van der Waals surface area contributed by atoms with E-state index in [1.807, 2.05) is 18.4 Å². The molecule has 0 bridgehead atoms. The van der Waals surface area contributed by atoms with Gasteiger partial charge in [-0.25, -0.2) is 9.67 Å². The highest BCUT2D eigenvalue weighted by Crippen LogP contribution is 2.36. The predicted molar refractivity (Wildman–Crippen MR) is 89.5 cm³/mol. The molecule has 1 saturated heterocycles. The highest BCUT2D eigenvalue weighted by molar-refractivity contribution is 7.11. The zero-order valence-electron chi connectivity index (χ0n) is 13.9. The molecule has 7 heteroatoms. The lowest BCUT2D eigenvalue weighted by molar-refractivity contribution is 0.150. The number of thiazole rings is 1. The third-order valence-corrected chi connectivity index (χ3v) is 6.56. The number of likely N-dealkylation sites (tertiary alicyclic amines) is 1. The third kappa shape index (κ3) is 2.92. The summed E-state index contributed by atoms with van der Waals surface area (Å²) in [7, 11) is 1.92. The van der Waals surface area contributed by atoms with Crippen LogP contribution < -0.4 is 0 Å². The van der Waals surface area contributed by atoms with Crippen molar-refractivity contribution in [1.82, 2.24) is 30.1 Å². The first kappa shape index (κ1) is 15.2. The van der Waals surface area contributed by atoms with Gasteiger partial charge in [-0.15, -0.1) is 16.4 Å². The maximum atomic E-state index is 4.99. The van der Waals surface area contributed by atoms with E-state index in [1.165, 1.54) is 49.2 Å². The minimum absolute atomic E-state index is 0.257. The fraction of sp³-hybridized carbons (Fsp3) is 0.750. The quantitative estimate of drug-likeness (QED) is 0.864. The first-order valence-electron chi connectivity index (χ1n) is 8.67. The molecule has 2 aliphatic rings. The first-order chi connectivity index (χ1) is 11.2. The molecule has 2 atom stereocenters. The summed E-state index contributed by atoms with van der Waals surface area (Å²) in [6.45, 7) is 4.40. The number of tetrazole rings is 1. The summed E-state index contributed by atoms with van der Waals surface area (Å²) in [5.41, 5.74) is 1.39. The molecular formula is C16H24N6S. The van der Waals surface area contributed by atoms with Crippen LogP contribution >= 0.6 is 11.3 Å². The molecule has 0 unspecified atom stereocenters. The summed E-state index contributed by atoms with van der Waals surface area (Å²) in [6, 6.07) is 0.257. The standard InChI is InChI=1S/C16H24N6S/c1-11(15-18-19-20-21(15)2)22-9-5-6-12(10-22)16-17-13-7-3-4-8-14(13)23-16/h11-12H,3-10H2,1-2H3/t11-,12-/m0/s1. The summed E-state index contributed by atoms with van der Waals surface area (Å²) in [5.74, 6) is 1.52. The van der Waals surface area contributed by atoms with Gasteiger partial charge in [0.05, 0.1) is 16.7 Å². The van der Waals surface area contributed by atoms with Crippen molar-refractivity contribution in [2.45, 2.75) is 57.4 Å². The average molecular weight is 332 g/mol.